The van der Waals surface area contributed by atoms with E-state index in [0.29, 0.717) is 10.7 Å². The molecule has 0 aliphatic carbocycles. The Kier molecular flexibility index (Phi) is 4.03. The molecule has 1 aromatic heterocycles. The highest BCUT2D eigenvalue weighted by Crippen LogP contribution is 2.25. The third-order valence-electron chi connectivity index (χ3n) is 3.24. The van der Waals surface area contributed by atoms with Crippen molar-refractivity contribution in [2.75, 3.05) is 6.61 Å². The molecule has 3 rings (SSSR count). The number of rotatable bonds is 3. The molecule has 6 nitrogen and oxygen atoms in total. The minimum Gasteiger partial charge on any atom is -0.394 e. The lowest BCUT2D eigenvalue weighted by Crippen LogP contribution is -2.35. The van der Waals surface area contributed by atoms with Gasteiger partial charge in [-0.1, -0.05) is 35.0 Å². The van der Waals surface area contributed by atoms with Crippen molar-refractivity contribution in [3.8, 4) is 5.69 Å². The van der Waals surface area contributed by atoms with Crippen LogP contribution in [0.2, 0.25) is 5.02 Å². The van der Waals surface area contributed by atoms with Crippen molar-refractivity contribution < 1.29 is 14.9 Å². The standard InChI is InChI=1S/C14H14ClN3O3/c15-9-2-1-3-10(6-9)18-7-11(16-17-18)13-5-4-12(20)14(8-19)21-13/h1-7,12-14,19-20H,8H2/t12-,13-,14+/m0/s1. The molecular formula is C14H14ClN3O3. The van der Waals surface area contributed by atoms with Crippen molar-refractivity contribution >= 4 is 11.6 Å². The molecule has 0 fully saturated rings. The van der Waals surface area contributed by atoms with E-state index in [2.05, 4.69) is 10.3 Å². The molecule has 3 atom stereocenters. The maximum Gasteiger partial charge on any atom is 0.122 e. The average molecular weight is 308 g/mol. The van der Waals surface area contributed by atoms with Crippen LogP contribution in [0.25, 0.3) is 5.69 Å². The fourth-order valence-electron chi connectivity index (χ4n) is 2.12. The molecule has 1 aromatic carbocycles. The number of aliphatic hydroxyl groups excluding tert-OH is 2. The summed E-state index contributed by atoms with van der Waals surface area (Å²) in [4.78, 5) is 0. The summed E-state index contributed by atoms with van der Waals surface area (Å²) < 4.78 is 7.17. The van der Waals surface area contributed by atoms with E-state index in [-0.39, 0.29) is 6.61 Å². The highest BCUT2D eigenvalue weighted by Gasteiger charge is 2.27. The van der Waals surface area contributed by atoms with Gasteiger partial charge in [0, 0.05) is 5.02 Å². The van der Waals surface area contributed by atoms with Gasteiger partial charge in [0.15, 0.2) is 0 Å². The van der Waals surface area contributed by atoms with Crippen molar-refractivity contribution in [2.24, 2.45) is 0 Å². The molecule has 0 bridgehead atoms. The Hall–Kier alpha value is -1.73. The van der Waals surface area contributed by atoms with Gasteiger partial charge in [0.1, 0.15) is 24.0 Å². The molecule has 2 aromatic rings. The summed E-state index contributed by atoms with van der Waals surface area (Å²) in [6.45, 7) is -0.259. The molecule has 2 heterocycles. The second-order valence-electron chi connectivity index (χ2n) is 4.72. The zero-order chi connectivity index (χ0) is 14.8. The van der Waals surface area contributed by atoms with Crippen LogP contribution in [0.5, 0.6) is 0 Å². The number of halogens is 1. The van der Waals surface area contributed by atoms with E-state index in [1.54, 1.807) is 35.2 Å². The number of hydrogen-bond acceptors (Lipinski definition) is 5. The molecule has 0 amide bonds. The highest BCUT2D eigenvalue weighted by molar-refractivity contribution is 6.30. The molecule has 0 radical (unpaired) electrons. The zero-order valence-electron chi connectivity index (χ0n) is 11.0. The van der Waals surface area contributed by atoms with Crippen LogP contribution in [-0.2, 0) is 4.74 Å². The van der Waals surface area contributed by atoms with Gasteiger partial charge >= 0.3 is 0 Å². The Bertz CT molecular complexity index is 658. The summed E-state index contributed by atoms with van der Waals surface area (Å²) in [7, 11) is 0. The van der Waals surface area contributed by atoms with Gasteiger partial charge in [-0.15, -0.1) is 5.10 Å². The first kappa shape index (κ1) is 14.2. The largest absolute Gasteiger partial charge is 0.394 e. The van der Waals surface area contributed by atoms with E-state index >= 15 is 0 Å². The summed E-state index contributed by atoms with van der Waals surface area (Å²) in [5.41, 5.74) is 1.39. The quantitative estimate of drug-likeness (QED) is 0.835. The van der Waals surface area contributed by atoms with E-state index in [1.807, 2.05) is 12.1 Å². The normalized spacial score (nSPS) is 25.2. The topological polar surface area (TPSA) is 80.4 Å². The predicted molar refractivity (Wildman–Crippen MR) is 76.2 cm³/mol. The third-order valence-corrected chi connectivity index (χ3v) is 3.48. The van der Waals surface area contributed by atoms with Gasteiger partial charge in [0.05, 0.1) is 18.5 Å². The van der Waals surface area contributed by atoms with Crippen LogP contribution < -0.4 is 0 Å². The summed E-state index contributed by atoms with van der Waals surface area (Å²) in [6.07, 6.45) is 3.10. The van der Waals surface area contributed by atoms with Crippen LogP contribution >= 0.6 is 11.6 Å². The monoisotopic (exact) mass is 307 g/mol. The number of benzene rings is 1. The minimum absolute atomic E-state index is 0.259. The average Bonchev–Trinajstić information content (AvgIpc) is 2.97. The van der Waals surface area contributed by atoms with Crippen molar-refractivity contribution in [3.63, 3.8) is 0 Å². The molecule has 21 heavy (non-hydrogen) atoms. The Balaban J connectivity index is 1.84. The fourth-order valence-corrected chi connectivity index (χ4v) is 2.31. The second kappa shape index (κ2) is 5.95. The Morgan fingerprint density at radius 2 is 2.19 bits per heavy atom. The number of ether oxygens (including phenoxy) is 1. The maximum absolute atomic E-state index is 9.62. The molecule has 0 spiro atoms. The van der Waals surface area contributed by atoms with Crippen molar-refractivity contribution in [1.82, 2.24) is 15.0 Å². The minimum atomic E-state index is -0.811. The molecule has 1 aliphatic heterocycles. The lowest BCUT2D eigenvalue weighted by molar-refractivity contribution is -0.0816. The Labute approximate surface area is 126 Å². The lowest BCUT2D eigenvalue weighted by Gasteiger charge is -2.27. The number of aliphatic hydroxyl groups is 2. The van der Waals surface area contributed by atoms with Crippen LogP contribution in [0.1, 0.15) is 11.8 Å². The smallest absolute Gasteiger partial charge is 0.122 e. The SMILES string of the molecule is OC[C@H]1O[C@H](c2cn(-c3cccc(Cl)c3)nn2)C=C[C@@H]1O. The summed E-state index contributed by atoms with van der Waals surface area (Å²) in [5, 5.41) is 27.5. The molecule has 2 N–H and O–H groups in total. The van der Waals surface area contributed by atoms with Crippen LogP contribution in [0.3, 0.4) is 0 Å². The summed E-state index contributed by atoms with van der Waals surface area (Å²) in [6, 6.07) is 7.25. The van der Waals surface area contributed by atoms with Crippen molar-refractivity contribution in [1.29, 1.82) is 0 Å². The van der Waals surface area contributed by atoms with E-state index in [9.17, 15) is 5.11 Å². The number of nitrogens with zero attached hydrogens (tertiary/aromatic N) is 3. The van der Waals surface area contributed by atoms with Crippen molar-refractivity contribution in [3.05, 3.63) is 53.3 Å². The Morgan fingerprint density at radius 3 is 2.95 bits per heavy atom. The summed E-state index contributed by atoms with van der Waals surface area (Å²) >= 11 is 5.95. The van der Waals surface area contributed by atoms with E-state index in [4.69, 9.17) is 21.4 Å². The second-order valence-corrected chi connectivity index (χ2v) is 5.16. The molecule has 0 unspecified atom stereocenters. The first-order valence-corrected chi connectivity index (χ1v) is 6.86. The first-order valence-electron chi connectivity index (χ1n) is 6.48. The van der Waals surface area contributed by atoms with E-state index in [0.717, 1.165) is 5.69 Å². The van der Waals surface area contributed by atoms with Gasteiger partial charge in [-0.3, -0.25) is 0 Å². The van der Waals surface area contributed by atoms with Crippen LogP contribution in [0, 0.1) is 0 Å². The maximum atomic E-state index is 9.62. The molecule has 7 heteroatoms. The zero-order valence-corrected chi connectivity index (χ0v) is 11.8. The molecular weight excluding hydrogens is 294 g/mol. The molecule has 0 saturated carbocycles. The third kappa shape index (κ3) is 2.98. The van der Waals surface area contributed by atoms with E-state index < -0.39 is 18.3 Å². The lowest BCUT2D eigenvalue weighted by atomic mass is 10.1. The fraction of sp³-hybridized carbons (Fsp3) is 0.286. The van der Waals surface area contributed by atoms with E-state index in [1.165, 1.54) is 0 Å². The van der Waals surface area contributed by atoms with Gasteiger partial charge in [0.25, 0.3) is 0 Å². The molecule has 110 valence electrons. The molecule has 0 saturated heterocycles. The first-order chi connectivity index (χ1) is 10.2. The van der Waals surface area contributed by atoms with Gasteiger partial charge in [0.2, 0.25) is 0 Å². The predicted octanol–water partition coefficient (Wildman–Crippen LogP) is 1.27. The van der Waals surface area contributed by atoms with Crippen LogP contribution in [0.15, 0.2) is 42.6 Å². The van der Waals surface area contributed by atoms with Crippen molar-refractivity contribution in [2.45, 2.75) is 18.3 Å². The van der Waals surface area contributed by atoms with Gasteiger partial charge in [-0.25, -0.2) is 4.68 Å². The van der Waals surface area contributed by atoms with Gasteiger partial charge in [-0.05, 0) is 18.2 Å². The number of hydrogen-bond donors (Lipinski definition) is 2. The molecule has 1 aliphatic rings. The van der Waals surface area contributed by atoms with Crippen LogP contribution in [-0.4, -0.2) is 44.0 Å². The van der Waals surface area contributed by atoms with Gasteiger partial charge < -0.3 is 14.9 Å². The Morgan fingerprint density at radius 1 is 1.33 bits per heavy atom. The summed E-state index contributed by atoms with van der Waals surface area (Å²) in [5.74, 6) is 0. The van der Waals surface area contributed by atoms with Crippen LogP contribution in [0.4, 0.5) is 0 Å². The number of aromatic nitrogens is 3. The highest BCUT2D eigenvalue weighted by atomic mass is 35.5. The van der Waals surface area contributed by atoms with Gasteiger partial charge in [-0.2, -0.15) is 0 Å².